The van der Waals surface area contributed by atoms with E-state index in [2.05, 4.69) is 60.6 Å². The van der Waals surface area contributed by atoms with Crippen LogP contribution in [0.15, 0.2) is 30.8 Å². The van der Waals surface area contributed by atoms with E-state index in [4.69, 9.17) is 0 Å². The van der Waals surface area contributed by atoms with Gasteiger partial charge in [0.1, 0.15) is 0 Å². The van der Waals surface area contributed by atoms with E-state index in [0.29, 0.717) is 0 Å². The van der Waals surface area contributed by atoms with Crippen molar-refractivity contribution in [3.63, 3.8) is 0 Å². The molecule has 0 fully saturated rings. The molecule has 0 N–H and O–H groups in total. The molecule has 0 heterocycles. The normalized spacial score (nSPS) is 12.5. The fraction of sp³-hybridized carbons (Fsp3) is 0.429. The number of allylic oxidation sites excluding steroid dienone is 1. The fourth-order valence-corrected chi connectivity index (χ4v) is 1.82. The van der Waals surface area contributed by atoms with Crippen LogP contribution >= 0.6 is 15.9 Å². The van der Waals surface area contributed by atoms with E-state index >= 15 is 0 Å². The predicted molar refractivity (Wildman–Crippen MR) is 72.4 cm³/mol. The molecule has 1 rings (SSSR count). The van der Waals surface area contributed by atoms with Gasteiger partial charge in [0.25, 0.3) is 0 Å². The average molecular weight is 267 g/mol. The summed E-state index contributed by atoms with van der Waals surface area (Å²) in [5.74, 6) is 0.773. The molecule has 1 aromatic carbocycles. The molecule has 0 bridgehead atoms. The maximum atomic E-state index is 4.00. The van der Waals surface area contributed by atoms with Gasteiger partial charge in [-0.3, -0.25) is 0 Å². The molecule has 0 unspecified atom stereocenters. The van der Waals surface area contributed by atoms with E-state index in [1.807, 2.05) is 0 Å². The third-order valence-corrected chi connectivity index (χ3v) is 3.48. The summed E-state index contributed by atoms with van der Waals surface area (Å²) < 4.78 is 0. The first-order valence-electron chi connectivity index (χ1n) is 5.50. The predicted octanol–water partition coefficient (Wildman–Crippen LogP) is 4.68. The van der Waals surface area contributed by atoms with Crippen molar-refractivity contribution in [3.8, 4) is 0 Å². The van der Waals surface area contributed by atoms with Crippen LogP contribution < -0.4 is 0 Å². The number of hydrogen-bond donors (Lipinski definition) is 0. The summed E-state index contributed by atoms with van der Waals surface area (Å²) in [7, 11) is 0. The van der Waals surface area contributed by atoms with Crippen LogP contribution in [-0.4, -0.2) is 5.33 Å². The Hall–Kier alpha value is -0.560. The number of hydrogen-bond acceptors (Lipinski definition) is 0. The van der Waals surface area contributed by atoms with Crippen molar-refractivity contribution < 1.29 is 0 Å². The molecule has 0 saturated heterocycles. The van der Waals surface area contributed by atoms with Gasteiger partial charge in [-0.15, -0.1) is 0 Å². The fourth-order valence-electron chi connectivity index (χ4n) is 1.50. The van der Waals surface area contributed by atoms with Crippen LogP contribution in [0.2, 0.25) is 0 Å². The zero-order valence-electron chi connectivity index (χ0n) is 9.59. The quantitative estimate of drug-likeness (QED) is 0.679. The molecule has 1 atom stereocenters. The van der Waals surface area contributed by atoms with Crippen LogP contribution in [0.5, 0.6) is 0 Å². The summed E-state index contributed by atoms with van der Waals surface area (Å²) in [6, 6.07) is 8.77. The van der Waals surface area contributed by atoms with Gasteiger partial charge in [0, 0.05) is 5.33 Å². The van der Waals surface area contributed by atoms with Crippen molar-refractivity contribution in [1.82, 2.24) is 0 Å². The van der Waals surface area contributed by atoms with Crippen molar-refractivity contribution >= 4 is 21.5 Å². The first-order valence-corrected chi connectivity index (χ1v) is 6.62. The van der Waals surface area contributed by atoms with Gasteiger partial charge in [-0.05, 0) is 29.0 Å². The Morgan fingerprint density at radius 1 is 1.33 bits per heavy atom. The van der Waals surface area contributed by atoms with Crippen molar-refractivity contribution in [1.29, 1.82) is 0 Å². The summed E-state index contributed by atoms with van der Waals surface area (Å²) in [5.41, 5.74) is 3.81. The lowest BCUT2D eigenvalue weighted by atomic mass is 9.97. The SMILES string of the molecule is C=C(CBr)c1ccc(C[C@H](C)CC)cc1. The highest BCUT2D eigenvalue weighted by Gasteiger charge is 2.02. The Morgan fingerprint density at radius 3 is 2.40 bits per heavy atom. The summed E-state index contributed by atoms with van der Waals surface area (Å²) in [6.45, 7) is 8.54. The van der Waals surface area contributed by atoms with E-state index < -0.39 is 0 Å². The van der Waals surface area contributed by atoms with Gasteiger partial charge in [-0.1, -0.05) is 67.0 Å². The third kappa shape index (κ3) is 3.83. The van der Waals surface area contributed by atoms with Crippen molar-refractivity contribution in [2.24, 2.45) is 5.92 Å². The highest BCUT2D eigenvalue weighted by atomic mass is 79.9. The molecule has 0 spiro atoms. The minimum atomic E-state index is 0.773. The second-order valence-corrected chi connectivity index (χ2v) is 4.71. The molecule has 0 aliphatic rings. The zero-order valence-corrected chi connectivity index (χ0v) is 11.2. The van der Waals surface area contributed by atoms with E-state index in [9.17, 15) is 0 Å². The molecule has 1 aromatic rings. The van der Waals surface area contributed by atoms with E-state index in [-0.39, 0.29) is 0 Å². The summed E-state index contributed by atoms with van der Waals surface area (Å²) in [5, 5.41) is 0.845. The van der Waals surface area contributed by atoms with Crippen LogP contribution in [0, 0.1) is 5.92 Å². The van der Waals surface area contributed by atoms with E-state index in [1.54, 1.807) is 0 Å². The lowest BCUT2D eigenvalue weighted by Gasteiger charge is -2.09. The smallest absolute Gasteiger partial charge is 0.0283 e. The molecule has 0 amide bonds. The van der Waals surface area contributed by atoms with Gasteiger partial charge in [0.15, 0.2) is 0 Å². The second-order valence-electron chi connectivity index (χ2n) is 4.15. The van der Waals surface area contributed by atoms with Gasteiger partial charge in [-0.2, -0.15) is 0 Å². The maximum Gasteiger partial charge on any atom is 0.0283 e. The number of alkyl halides is 1. The standard InChI is InChI=1S/C14H19Br/c1-4-11(2)9-13-5-7-14(8-6-13)12(3)10-15/h5-8,11H,3-4,9-10H2,1-2H3/t11-/m1/s1. The monoisotopic (exact) mass is 266 g/mol. The first kappa shape index (κ1) is 12.5. The largest absolute Gasteiger partial charge is 0.0944 e. The highest BCUT2D eigenvalue weighted by Crippen LogP contribution is 2.17. The summed E-state index contributed by atoms with van der Waals surface area (Å²) in [6.07, 6.45) is 2.42. The van der Waals surface area contributed by atoms with Gasteiger partial charge < -0.3 is 0 Å². The minimum Gasteiger partial charge on any atom is -0.0944 e. The van der Waals surface area contributed by atoms with Crippen LogP contribution in [0.25, 0.3) is 5.57 Å². The Kier molecular flexibility index (Phi) is 5.10. The Labute approximate surface area is 102 Å². The third-order valence-electron chi connectivity index (χ3n) is 2.80. The average Bonchev–Trinajstić information content (AvgIpc) is 2.29. The summed E-state index contributed by atoms with van der Waals surface area (Å²) in [4.78, 5) is 0. The van der Waals surface area contributed by atoms with Gasteiger partial charge in [-0.25, -0.2) is 0 Å². The van der Waals surface area contributed by atoms with Gasteiger partial charge >= 0.3 is 0 Å². The molecular formula is C14H19Br. The highest BCUT2D eigenvalue weighted by molar-refractivity contribution is 9.09. The lowest BCUT2D eigenvalue weighted by Crippen LogP contribution is -1.97. The molecule has 0 aromatic heterocycles. The van der Waals surface area contributed by atoms with Crippen LogP contribution in [0.4, 0.5) is 0 Å². The Bertz CT molecular complexity index is 311. The second kappa shape index (κ2) is 6.12. The molecule has 0 aliphatic heterocycles. The minimum absolute atomic E-state index is 0.773. The van der Waals surface area contributed by atoms with E-state index in [0.717, 1.165) is 16.8 Å². The van der Waals surface area contributed by atoms with Crippen LogP contribution in [-0.2, 0) is 6.42 Å². The topological polar surface area (TPSA) is 0 Å². The molecule has 0 nitrogen and oxygen atoms in total. The molecule has 0 saturated carbocycles. The van der Waals surface area contributed by atoms with Gasteiger partial charge in [0.2, 0.25) is 0 Å². The van der Waals surface area contributed by atoms with Crippen molar-refractivity contribution in [2.75, 3.05) is 5.33 Å². The molecular weight excluding hydrogens is 248 g/mol. The van der Waals surface area contributed by atoms with Gasteiger partial charge in [0.05, 0.1) is 0 Å². The Balaban J connectivity index is 2.68. The lowest BCUT2D eigenvalue weighted by molar-refractivity contribution is 0.560. The number of rotatable bonds is 5. The molecule has 0 radical (unpaired) electrons. The zero-order chi connectivity index (χ0) is 11.3. The van der Waals surface area contributed by atoms with Crippen LogP contribution in [0.3, 0.4) is 0 Å². The Morgan fingerprint density at radius 2 is 1.93 bits per heavy atom. The number of benzene rings is 1. The summed E-state index contributed by atoms with van der Waals surface area (Å²) >= 11 is 3.42. The molecule has 15 heavy (non-hydrogen) atoms. The number of halogens is 1. The molecule has 82 valence electrons. The van der Waals surface area contributed by atoms with E-state index in [1.165, 1.54) is 24.0 Å². The van der Waals surface area contributed by atoms with Crippen molar-refractivity contribution in [3.05, 3.63) is 42.0 Å². The molecule has 1 heteroatoms. The molecule has 0 aliphatic carbocycles. The maximum absolute atomic E-state index is 4.00. The first-order chi connectivity index (χ1) is 7.17. The van der Waals surface area contributed by atoms with Crippen molar-refractivity contribution in [2.45, 2.75) is 26.7 Å². The van der Waals surface area contributed by atoms with Crippen LogP contribution in [0.1, 0.15) is 31.4 Å².